The minimum atomic E-state index is -0.233. The van der Waals surface area contributed by atoms with Crippen LogP contribution in [0.4, 0.5) is 0 Å². The summed E-state index contributed by atoms with van der Waals surface area (Å²) in [7, 11) is 0. The van der Waals surface area contributed by atoms with Gasteiger partial charge in [0.1, 0.15) is 0 Å². The van der Waals surface area contributed by atoms with Gasteiger partial charge in [-0.15, -0.1) is 0 Å². The predicted molar refractivity (Wildman–Crippen MR) is 51.7 cm³/mol. The van der Waals surface area contributed by atoms with Crippen molar-refractivity contribution in [2.45, 2.75) is 44.2 Å². The molecule has 0 bridgehead atoms. The molecular formula is C11H15NO3. The lowest BCUT2D eigenvalue weighted by molar-refractivity contribution is -0.145. The molecule has 3 rings (SSSR count). The fourth-order valence-electron chi connectivity index (χ4n) is 2.88. The van der Waals surface area contributed by atoms with E-state index in [1.807, 2.05) is 0 Å². The number of aliphatic hydroxyl groups is 1. The quantitative estimate of drug-likeness (QED) is 0.632. The Balaban J connectivity index is 1.72. The average molecular weight is 209 g/mol. The van der Waals surface area contributed by atoms with Crippen molar-refractivity contribution in [2.75, 3.05) is 0 Å². The number of likely N-dealkylation sites (tertiary alicyclic amines) is 1. The normalized spacial score (nSPS) is 44.5. The standard InChI is InChI=1S/C11H15NO3/c13-7-3-1-6(2-4-7)12-10(14)8-5-9(8)11(12)15/h6-9,13H,1-5H2. The van der Waals surface area contributed by atoms with Crippen molar-refractivity contribution in [1.29, 1.82) is 0 Å². The molecule has 0 aromatic rings. The summed E-state index contributed by atoms with van der Waals surface area (Å²) < 4.78 is 0. The Bertz CT molecular complexity index is 300. The molecule has 1 heterocycles. The van der Waals surface area contributed by atoms with Gasteiger partial charge in [-0.2, -0.15) is 0 Å². The van der Waals surface area contributed by atoms with Gasteiger partial charge in [0.2, 0.25) is 11.8 Å². The van der Waals surface area contributed by atoms with Gasteiger partial charge in [-0.3, -0.25) is 14.5 Å². The summed E-state index contributed by atoms with van der Waals surface area (Å²) in [4.78, 5) is 25.1. The molecule has 15 heavy (non-hydrogen) atoms. The van der Waals surface area contributed by atoms with E-state index >= 15 is 0 Å². The molecule has 2 atom stereocenters. The minimum Gasteiger partial charge on any atom is -0.393 e. The highest BCUT2D eigenvalue weighted by Gasteiger charge is 2.60. The van der Waals surface area contributed by atoms with Crippen LogP contribution in [0, 0.1) is 11.8 Å². The second kappa shape index (κ2) is 3.04. The molecule has 1 saturated heterocycles. The van der Waals surface area contributed by atoms with E-state index in [1.165, 1.54) is 4.90 Å². The van der Waals surface area contributed by atoms with Crippen molar-refractivity contribution in [2.24, 2.45) is 11.8 Å². The van der Waals surface area contributed by atoms with Crippen LogP contribution in [0.1, 0.15) is 32.1 Å². The van der Waals surface area contributed by atoms with Crippen LogP contribution in [0.3, 0.4) is 0 Å². The fourth-order valence-corrected chi connectivity index (χ4v) is 2.88. The number of amides is 2. The maximum Gasteiger partial charge on any atom is 0.233 e. The lowest BCUT2D eigenvalue weighted by atomic mass is 9.92. The van der Waals surface area contributed by atoms with Gasteiger partial charge >= 0.3 is 0 Å². The Morgan fingerprint density at radius 2 is 1.53 bits per heavy atom. The molecular weight excluding hydrogens is 194 g/mol. The van der Waals surface area contributed by atoms with Crippen molar-refractivity contribution >= 4 is 11.8 Å². The van der Waals surface area contributed by atoms with E-state index in [4.69, 9.17) is 0 Å². The maximum absolute atomic E-state index is 11.8. The summed E-state index contributed by atoms with van der Waals surface area (Å²) in [5, 5.41) is 9.37. The molecule has 1 aliphatic heterocycles. The van der Waals surface area contributed by atoms with Gasteiger partial charge in [0.05, 0.1) is 17.9 Å². The number of aliphatic hydroxyl groups excluding tert-OH is 1. The smallest absolute Gasteiger partial charge is 0.233 e. The zero-order valence-electron chi connectivity index (χ0n) is 8.56. The van der Waals surface area contributed by atoms with Crippen LogP contribution in [-0.2, 0) is 9.59 Å². The lowest BCUT2D eigenvalue weighted by Crippen LogP contribution is -2.44. The van der Waals surface area contributed by atoms with E-state index in [1.54, 1.807) is 0 Å². The highest BCUT2D eigenvalue weighted by atomic mass is 16.3. The molecule has 0 aromatic carbocycles. The van der Waals surface area contributed by atoms with Crippen LogP contribution in [-0.4, -0.2) is 34.0 Å². The van der Waals surface area contributed by atoms with Gasteiger partial charge in [0, 0.05) is 6.04 Å². The summed E-state index contributed by atoms with van der Waals surface area (Å²) in [6.07, 6.45) is 3.54. The molecule has 2 aliphatic carbocycles. The van der Waals surface area contributed by atoms with Crippen LogP contribution in [0.25, 0.3) is 0 Å². The molecule has 4 nitrogen and oxygen atoms in total. The molecule has 3 fully saturated rings. The zero-order chi connectivity index (χ0) is 10.6. The first kappa shape index (κ1) is 9.33. The van der Waals surface area contributed by atoms with Crippen LogP contribution in [0.5, 0.6) is 0 Å². The second-order valence-corrected chi connectivity index (χ2v) is 4.96. The molecule has 4 heteroatoms. The molecule has 0 aromatic heterocycles. The van der Waals surface area contributed by atoms with E-state index in [9.17, 15) is 14.7 Å². The fraction of sp³-hybridized carbons (Fsp3) is 0.818. The van der Waals surface area contributed by atoms with E-state index in [-0.39, 0.29) is 35.8 Å². The molecule has 2 unspecified atom stereocenters. The number of hydrogen-bond acceptors (Lipinski definition) is 3. The predicted octanol–water partition coefficient (Wildman–Crippen LogP) is 0.295. The highest BCUT2D eigenvalue weighted by Crippen LogP contribution is 2.48. The van der Waals surface area contributed by atoms with Gasteiger partial charge in [-0.25, -0.2) is 0 Å². The molecule has 0 radical (unpaired) electrons. The number of carbonyl (C=O) groups is 2. The first-order valence-corrected chi connectivity index (χ1v) is 5.73. The monoisotopic (exact) mass is 209 g/mol. The molecule has 3 aliphatic rings. The highest BCUT2D eigenvalue weighted by molar-refractivity contribution is 6.09. The molecule has 2 amide bonds. The Morgan fingerprint density at radius 1 is 1.00 bits per heavy atom. The van der Waals surface area contributed by atoms with E-state index in [0.29, 0.717) is 0 Å². The number of fused-ring (bicyclic) bond motifs is 1. The number of carbonyl (C=O) groups excluding carboxylic acids is 2. The van der Waals surface area contributed by atoms with E-state index in [2.05, 4.69) is 0 Å². The first-order chi connectivity index (χ1) is 7.18. The average Bonchev–Trinajstić information content (AvgIpc) is 2.96. The summed E-state index contributed by atoms with van der Waals surface area (Å²) in [6, 6.07) is 0.0706. The van der Waals surface area contributed by atoms with Gasteiger partial charge in [0.25, 0.3) is 0 Å². The number of imide groups is 1. The molecule has 2 saturated carbocycles. The van der Waals surface area contributed by atoms with Crippen molar-refractivity contribution in [1.82, 2.24) is 4.90 Å². The van der Waals surface area contributed by atoms with Crippen LogP contribution < -0.4 is 0 Å². The molecule has 82 valence electrons. The SMILES string of the molecule is O=C1C2CC2C(=O)N1C1CCC(O)CC1. The number of nitrogens with zero attached hydrogens (tertiary/aromatic N) is 1. The second-order valence-electron chi connectivity index (χ2n) is 4.96. The van der Waals surface area contributed by atoms with Crippen molar-refractivity contribution in [3.05, 3.63) is 0 Å². The zero-order valence-corrected chi connectivity index (χ0v) is 8.56. The van der Waals surface area contributed by atoms with Gasteiger partial charge in [-0.1, -0.05) is 0 Å². The van der Waals surface area contributed by atoms with Crippen molar-refractivity contribution < 1.29 is 14.7 Å². The van der Waals surface area contributed by atoms with Crippen molar-refractivity contribution in [3.63, 3.8) is 0 Å². The number of piperidine rings is 1. The molecule has 0 spiro atoms. The summed E-state index contributed by atoms with van der Waals surface area (Å²) in [6.45, 7) is 0. The summed E-state index contributed by atoms with van der Waals surface area (Å²) >= 11 is 0. The summed E-state index contributed by atoms with van der Waals surface area (Å²) in [5.74, 6) is 0.131. The van der Waals surface area contributed by atoms with E-state index < -0.39 is 0 Å². The maximum atomic E-state index is 11.8. The van der Waals surface area contributed by atoms with Crippen molar-refractivity contribution in [3.8, 4) is 0 Å². The first-order valence-electron chi connectivity index (χ1n) is 5.73. The van der Waals surface area contributed by atoms with Gasteiger partial charge in [0.15, 0.2) is 0 Å². The van der Waals surface area contributed by atoms with Gasteiger partial charge in [-0.05, 0) is 32.1 Å². The van der Waals surface area contributed by atoms with Crippen LogP contribution in [0.15, 0.2) is 0 Å². The van der Waals surface area contributed by atoms with Crippen LogP contribution >= 0.6 is 0 Å². The number of hydrogen-bond donors (Lipinski definition) is 1. The molecule has 1 N–H and O–H groups in total. The Hall–Kier alpha value is -0.900. The number of rotatable bonds is 1. The third kappa shape index (κ3) is 1.31. The Morgan fingerprint density at radius 3 is 2.07 bits per heavy atom. The Kier molecular flexibility index (Phi) is 1.89. The summed E-state index contributed by atoms with van der Waals surface area (Å²) in [5.41, 5.74) is 0. The third-order valence-electron chi connectivity index (χ3n) is 3.93. The van der Waals surface area contributed by atoms with Gasteiger partial charge < -0.3 is 5.11 Å². The topological polar surface area (TPSA) is 57.6 Å². The van der Waals surface area contributed by atoms with E-state index in [0.717, 1.165) is 32.1 Å². The van der Waals surface area contributed by atoms with Crippen LogP contribution in [0.2, 0.25) is 0 Å². The lowest BCUT2D eigenvalue weighted by Gasteiger charge is -2.32. The minimum absolute atomic E-state index is 0.0179. The largest absolute Gasteiger partial charge is 0.393 e. The third-order valence-corrected chi connectivity index (χ3v) is 3.93. The Labute approximate surface area is 88.2 Å².